The Labute approximate surface area is 234 Å². The Kier molecular flexibility index (Phi) is 12.2. The molecule has 0 aliphatic heterocycles. The van der Waals surface area contributed by atoms with Crippen LogP contribution in [0.25, 0.3) is 6.08 Å². The van der Waals surface area contributed by atoms with Crippen LogP contribution in [0.15, 0.2) is 61.2 Å². The minimum Gasteiger partial charge on any atom is -0.444 e. The molecule has 0 fully saturated rings. The van der Waals surface area contributed by atoms with Gasteiger partial charge in [-0.3, -0.25) is 9.59 Å². The normalized spacial score (nSPS) is 12.8. The lowest BCUT2D eigenvalue weighted by Crippen LogP contribution is -2.55. The number of unbranched alkanes of at least 4 members (excludes halogenated alkanes) is 2. The van der Waals surface area contributed by atoms with Crippen molar-refractivity contribution in [2.24, 2.45) is 0 Å². The van der Waals surface area contributed by atoms with Crippen molar-refractivity contribution in [3.63, 3.8) is 0 Å². The number of nitrogens with zero attached hydrogens (tertiary/aromatic N) is 1. The Balaban J connectivity index is 2.51. The first-order valence-corrected chi connectivity index (χ1v) is 13.8. The Bertz CT molecular complexity index is 1090. The van der Waals surface area contributed by atoms with E-state index in [1.165, 1.54) is 0 Å². The van der Waals surface area contributed by atoms with Gasteiger partial charge in [0.05, 0.1) is 0 Å². The molecule has 0 bridgehead atoms. The fraction of sp³-hybridized carbons (Fsp3) is 0.469. The zero-order valence-corrected chi connectivity index (χ0v) is 24.3. The van der Waals surface area contributed by atoms with Gasteiger partial charge in [-0.2, -0.15) is 0 Å². The van der Waals surface area contributed by atoms with E-state index in [4.69, 9.17) is 4.74 Å². The van der Waals surface area contributed by atoms with E-state index in [9.17, 15) is 14.4 Å². The predicted molar refractivity (Wildman–Crippen MR) is 157 cm³/mol. The number of ether oxygens (including phenoxy) is 1. The van der Waals surface area contributed by atoms with E-state index < -0.39 is 23.8 Å². The van der Waals surface area contributed by atoms with E-state index in [1.807, 2.05) is 68.4 Å². The van der Waals surface area contributed by atoms with Gasteiger partial charge in [0.15, 0.2) is 0 Å². The van der Waals surface area contributed by atoms with E-state index in [1.54, 1.807) is 31.7 Å². The molecule has 0 aromatic heterocycles. The summed E-state index contributed by atoms with van der Waals surface area (Å²) < 4.78 is 5.48. The van der Waals surface area contributed by atoms with Gasteiger partial charge in [0.25, 0.3) is 0 Å². The lowest BCUT2D eigenvalue weighted by Gasteiger charge is -2.37. The van der Waals surface area contributed by atoms with Crippen molar-refractivity contribution in [2.45, 2.75) is 91.0 Å². The predicted octanol–water partition coefficient (Wildman–Crippen LogP) is 6.05. The molecular formula is C32H45N3O4. The summed E-state index contributed by atoms with van der Waals surface area (Å²) in [5.74, 6) is -0.623. The highest BCUT2D eigenvalue weighted by Gasteiger charge is 2.37. The van der Waals surface area contributed by atoms with Crippen LogP contribution >= 0.6 is 0 Å². The first-order valence-electron chi connectivity index (χ1n) is 13.8. The van der Waals surface area contributed by atoms with Gasteiger partial charge >= 0.3 is 6.09 Å². The van der Waals surface area contributed by atoms with Gasteiger partial charge in [0.1, 0.15) is 17.7 Å². The molecule has 0 spiro atoms. The zero-order valence-electron chi connectivity index (χ0n) is 24.3. The van der Waals surface area contributed by atoms with Gasteiger partial charge in [-0.25, -0.2) is 4.79 Å². The van der Waals surface area contributed by atoms with Crippen molar-refractivity contribution < 1.29 is 19.1 Å². The van der Waals surface area contributed by atoms with Crippen molar-refractivity contribution >= 4 is 24.0 Å². The number of benzene rings is 2. The number of carbonyl (C=O) groups is 3. The SMILES string of the molecule is C=Cc1cccc(C(C(=O)NCCCCC)N(C(=O)C(Cc2ccccc2)NC(=O)OC(C)(C)C)C(C)C)c1. The van der Waals surface area contributed by atoms with Crippen LogP contribution in [-0.4, -0.2) is 47.0 Å². The Morgan fingerprint density at radius 1 is 1.03 bits per heavy atom. The highest BCUT2D eigenvalue weighted by Crippen LogP contribution is 2.27. The summed E-state index contributed by atoms with van der Waals surface area (Å²) in [5.41, 5.74) is 1.68. The van der Waals surface area contributed by atoms with Crippen molar-refractivity contribution in [1.82, 2.24) is 15.5 Å². The van der Waals surface area contributed by atoms with Crippen LogP contribution in [-0.2, 0) is 20.7 Å². The molecule has 2 atom stereocenters. The molecule has 0 heterocycles. The molecule has 3 amide bonds. The number of alkyl carbamates (subject to hydrolysis) is 1. The number of rotatable bonds is 13. The average Bonchev–Trinajstić information content (AvgIpc) is 2.88. The molecule has 7 heteroatoms. The highest BCUT2D eigenvalue weighted by molar-refractivity contribution is 5.92. The summed E-state index contributed by atoms with van der Waals surface area (Å²) in [6.07, 6.45) is 4.17. The van der Waals surface area contributed by atoms with E-state index in [2.05, 4.69) is 24.1 Å². The first kappa shape index (κ1) is 31.6. The van der Waals surface area contributed by atoms with E-state index >= 15 is 0 Å². The number of amides is 3. The highest BCUT2D eigenvalue weighted by atomic mass is 16.6. The molecule has 2 aromatic rings. The third kappa shape index (κ3) is 10.2. The Morgan fingerprint density at radius 3 is 2.31 bits per heavy atom. The van der Waals surface area contributed by atoms with Crippen LogP contribution in [0.1, 0.15) is 83.5 Å². The van der Waals surface area contributed by atoms with E-state index in [-0.39, 0.29) is 24.3 Å². The molecule has 0 aliphatic carbocycles. The van der Waals surface area contributed by atoms with Gasteiger partial charge in [-0.1, -0.05) is 81.0 Å². The monoisotopic (exact) mass is 535 g/mol. The van der Waals surface area contributed by atoms with Gasteiger partial charge in [-0.05, 0) is 63.8 Å². The minimum atomic E-state index is -0.942. The van der Waals surface area contributed by atoms with E-state index in [0.29, 0.717) is 12.1 Å². The molecule has 0 saturated carbocycles. The Morgan fingerprint density at radius 2 is 1.72 bits per heavy atom. The lowest BCUT2D eigenvalue weighted by atomic mass is 9.97. The third-order valence-electron chi connectivity index (χ3n) is 6.15. The molecule has 0 aliphatic rings. The molecule has 212 valence electrons. The second-order valence-corrected chi connectivity index (χ2v) is 11.0. The standard InChI is InChI=1S/C32H45N3O4/c1-8-10-14-20-33-29(36)28(26-19-15-18-24(9-2)21-26)35(23(3)4)30(37)27(22-25-16-12-11-13-17-25)34-31(38)39-32(5,6)7/h9,11-13,15-19,21,23,27-28H,2,8,10,14,20,22H2,1,3-7H3,(H,33,36)(H,34,38). The van der Waals surface area contributed by atoms with Crippen LogP contribution in [0.3, 0.4) is 0 Å². The van der Waals surface area contributed by atoms with E-state index in [0.717, 1.165) is 30.4 Å². The second-order valence-electron chi connectivity index (χ2n) is 11.0. The fourth-order valence-corrected chi connectivity index (χ4v) is 4.34. The number of nitrogens with one attached hydrogen (secondary N) is 2. The minimum absolute atomic E-state index is 0.250. The number of hydrogen-bond acceptors (Lipinski definition) is 4. The topological polar surface area (TPSA) is 87.7 Å². The first-order chi connectivity index (χ1) is 18.5. The summed E-state index contributed by atoms with van der Waals surface area (Å²) in [5, 5.41) is 5.82. The van der Waals surface area contributed by atoms with Crippen LogP contribution in [0.2, 0.25) is 0 Å². The molecule has 2 unspecified atom stereocenters. The zero-order chi connectivity index (χ0) is 29.0. The largest absolute Gasteiger partial charge is 0.444 e. The number of carbonyl (C=O) groups excluding carboxylic acids is 3. The molecule has 2 aromatic carbocycles. The van der Waals surface area contributed by atoms with Crippen LogP contribution in [0, 0.1) is 0 Å². The van der Waals surface area contributed by atoms with Crippen molar-refractivity contribution in [2.75, 3.05) is 6.54 Å². The molecule has 0 saturated heterocycles. The van der Waals surface area contributed by atoms with Gasteiger partial charge in [0, 0.05) is 19.0 Å². The summed E-state index contributed by atoms with van der Waals surface area (Å²) in [6.45, 7) is 15.5. The van der Waals surface area contributed by atoms with Gasteiger partial charge in [0.2, 0.25) is 11.8 Å². The molecule has 7 nitrogen and oxygen atoms in total. The molecule has 0 radical (unpaired) electrons. The molecule has 39 heavy (non-hydrogen) atoms. The molecule has 2 N–H and O–H groups in total. The average molecular weight is 536 g/mol. The maximum Gasteiger partial charge on any atom is 0.408 e. The fourth-order valence-electron chi connectivity index (χ4n) is 4.34. The molecule has 2 rings (SSSR count). The van der Waals surface area contributed by atoms with Crippen LogP contribution in [0.4, 0.5) is 4.79 Å². The maximum absolute atomic E-state index is 14.3. The van der Waals surface area contributed by atoms with Crippen molar-refractivity contribution in [3.8, 4) is 0 Å². The summed E-state index contributed by atoms with van der Waals surface area (Å²) >= 11 is 0. The van der Waals surface area contributed by atoms with Crippen molar-refractivity contribution in [1.29, 1.82) is 0 Å². The van der Waals surface area contributed by atoms with Crippen LogP contribution < -0.4 is 10.6 Å². The maximum atomic E-state index is 14.3. The second kappa shape index (κ2) is 15.1. The number of hydrogen-bond donors (Lipinski definition) is 2. The molecular weight excluding hydrogens is 490 g/mol. The quantitative estimate of drug-likeness (QED) is 0.306. The summed E-state index contributed by atoms with van der Waals surface area (Å²) in [6, 6.07) is 14.8. The van der Waals surface area contributed by atoms with Gasteiger partial charge in [-0.15, -0.1) is 0 Å². The summed E-state index contributed by atoms with van der Waals surface area (Å²) in [7, 11) is 0. The van der Waals surface area contributed by atoms with Gasteiger partial charge < -0.3 is 20.3 Å². The van der Waals surface area contributed by atoms with Crippen LogP contribution in [0.5, 0.6) is 0 Å². The Hall–Kier alpha value is -3.61. The smallest absolute Gasteiger partial charge is 0.408 e. The summed E-state index contributed by atoms with van der Waals surface area (Å²) in [4.78, 5) is 42.4. The van der Waals surface area contributed by atoms with Crippen molar-refractivity contribution in [3.05, 3.63) is 77.9 Å². The third-order valence-corrected chi connectivity index (χ3v) is 6.15. The lowest BCUT2D eigenvalue weighted by molar-refractivity contribution is -0.144.